The normalized spacial score (nSPS) is 11.1. The Bertz CT molecular complexity index is 320. The molecule has 0 saturated heterocycles. The summed E-state index contributed by atoms with van der Waals surface area (Å²) in [7, 11) is 3.07. The SMILES string of the molecule is [CH2]O/N=C(\C(C)=O)c1cccnc1. The molecule has 1 aromatic heterocycles. The number of rotatable bonds is 3. The lowest BCUT2D eigenvalue weighted by Crippen LogP contribution is -2.11. The summed E-state index contributed by atoms with van der Waals surface area (Å²) in [6, 6.07) is 3.45. The summed E-state index contributed by atoms with van der Waals surface area (Å²) >= 11 is 0. The molecule has 0 N–H and O–H groups in total. The topological polar surface area (TPSA) is 51.5 Å². The van der Waals surface area contributed by atoms with Crippen molar-refractivity contribution in [1.82, 2.24) is 4.98 Å². The molecule has 4 heteroatoms. The Kier molecular flexibility index (Phi) is 3.14. The molecule has 0 unspecified atom stereocenters. The third-order valence-corrected chi connectivity index (χ3v) is 1.42. The smallest absolute Gasteiger partial charge is 0.182 e. The standard InChI is InChI=1S/C9H9N2O2/c1-7(12)9(11-13-2)8-4-3-5-10-6-8/h3-6H,2H2,1H3/b11-9+. The number of oxime groups is 1. The molecule has 0 atom stereocenters. The van der Waals surface area contributed by atoms with Gasteiger partial charge in [0.1, 0.15) is 0 Å². The van der Waals surface area contributed by atoms with Gasteiger partial charge in [-0.05, 0) is 12.1 Å². The highest BCUT2D eigenvalue weighted by atomic mass is 16.6. The van der Waals surface area contributed by atoms with E-state index in [1.807, 2.05) is 0 Å². The zero-order valence-corrected chi connectivity index (χ0v) is 7.23. The van der Waals surface area contributed by atoms with Crippen molar-refractivity contribution in [2.24, 2.45) is 5.16 Å². The molecular weight excluding hydrogens is 168 g/mol. The second-order valence-corrected chi connectivity index (χ2v) is 2.37. The molecule has 0 saturated carbocycles. The first kappa shape index (κ1) is 9.38. The average Bonchev–Trinajstić information content (AvgIpc) is 2.15. The summed E-state index contributed by atoms with van der Waals surface area (Å²) < 4.78 is 0. The molecule has 1 rings (SSSR count). The summed E-state index contributed by atoms with van der Waals surface area (Å²) in [6.07, 6.45) is 3.16. The van der Waals surface area contributed by atoms with Gasteiger partial charge in [0.05, 0.1) is 0 Å². The molecule has 0 bridgehead atoms. The fraction of sp³-hybridized carbons (Fsp3) is 0.111. The number of carbonyl (C=O) groups is 1. The lowest BCUT2D eigenvalue weighted by atomic mass is 10.1. The third-order valence-electron chi connectivity index (χ3n) is 1.42. The fourth-order valence-corrected chi connectivity index (χ4v) is 0.888. The van der Waals surface area contributed by atoms with Crippen molar-refractivity contribution in [2.45, 2.75) is 6.92 Å². The highest BCUT2D eigenvalue weighted by Crippen LogP contribution is 2.00. The molecule has 0 spiro atoms. The van der Waals surface area contributed by atoms with Gasteiger partial charge in [-0.3, -0.25) is 9.78 Å². The molecule has 0 aromatic carbocycles. The number of aromatic nitrogens is 1. The molecule has 1 heterocycles. The Balaban J connectivity index is 3.03. The first-order valence-electron chi connectivity index (χ1n) is 3.66. The van der Waals surface area contributed by atoms with Crippen molar-refractivity contribution in [1.29, 1.82) is 0 Å². The van der Waals surface area contributed by atoms with E-state index in [1.165, 1.54) is 6.92 Å². The molecule has 0 aliphatic carbocycles. The largest absolute Gasteiger partial charge is 0.391 e. The van der Waals surface area contributed by atoms with Gasteiger partial charge in [-0.15, -0.1) is 0 Å². The van der Waals surface area contributed by atoms with E-state index in [2.05, 4.69) is 22.1 Å². The quantitative estimate of drug-likeness (QED) is 0.514. The Hall–Kier alpha value is -1.71. The number of nitrogens with zero attached hydrogens (tertiary/aromatic N) is 2. The van der Waals surface area contributed by atoms with Gasteiger partial charge in [0, 0.05) is 24.9 Å². The minimum atomic E-state index is -0.184. The van der Waals surface area contributed by atoms with Gasteiger partial charge >= 0.3 is 0 Å². The lowest BCUT2D eigenvalue weighted by Gasteiger charge is -1.99. The monoisotopic (exact) mass is 177 g/mol. The van der Waals surface area contributed by atoms with Crippen molar-refractivity contribution < 1.29 is 9.63 Å². The van der Waals surface area contributed by atoms with Gasteiger partial charge < -0.3 is 4.84 Å². The van der Waals surface area contributed by atoms with Crippen LogP contribution in [-0.2, 0) is 9.63 Å². The van der Waals surface area contributed by atoms with E-state index in [-0.39, 0.29) is 11.5 Å². The van der Waals surface area contributed by atoms with Crippen LogP contribution in [0.15, 0.2) is 29.7 Å². The van der Waals surface area contributed by atoms with Crippen molar-refractivity contribution in [3.05, 3.63) is 37.2 Å². The number of hydrogen-bond donors (Lipinski definition) is 0. The summed E-state index contributed by atoms with van der Waals surface area (Å²) in [4.78, 5) is 19.2. The summed E-state index contributed by atoms with van der Waals surface area (Å²) in [6.45, 7) is 1.41. The highest BCUT2D eigenvalue weighted by Gasteiger charge is 2.09. The van der Waals surface area contributed by atoms with E-state index in [9.17, 15) is 4.79 Å². The van der Waals surface area contributed by atoms with Gasteiger partial charge in [0.25, 0.3) is 0 Å². The zero-order valence-electron chi connectivity index (χ0n) is 7.23. The zero-order chi connectivity index (χ0) is 9.68. The number of pyridine rings is 1. The first-order valence-corrected chi connectivity index (χ1v) is 3.66. The molecule has 0 fully saturated rings. The van der Waals surface area contributed by atoms with Gasteiger partial charge in [-0.2, -0.15) is 0 Å². The van der Waals surface area contributed by atoms with E-state index >= 15 is 0 Å². The lowest BCUT2D eigenvalue weighted by molar-refractivity contribution is -0.111. The van der Waals surface area contributed by atoms with Gasteiger partial charge in [0.15, 0.2) is 18.6 Å². The van der Waals surface area contributed by atoms with E-state index in [0.717, 1.165) is 0 Å². The van der Waals surface area contributed by atoms with Gasteiger partial charge in [-0.1, -0.05) is 5.16 Å². The third kappa shape index (κ3) is 2.37. The number of Topliss-reactive ketones (excluding diaryl/α,β-unsaturated/α-hetero) is 1. The fourth-order valence-electron chi connectivity index (χ4n) is 0.888. The van der Waals surface area contributed by atoms with Crippen LogP contribution in [0.4, 0.5) is 0 Å². The van der Waals surface area contributed by atoms with Gasteiger partial charge in [-0.25, -0.2) is 0 Å². The van der Waals surface area contributed by atoms with Gasteiger partial charge in [0.2, 0.25) is 0 Å². The molecule has 0 amide bonds. The Morgan fingerprint density at radius 3 is 2.92 bits per heavy atom. The second-order valence-electron chi connectivity index (χ2n) is 2.37. The van der Waals surface area contributed by atoms with E-state index in [0.29, 0.717) is 5.56 Å². The van der Waals surface area contributed by atoms with Crippen LogP contribution in [0.5, 0.6) is 0 Å². The molecule has 0 aliphatic rings. The van der Waals surface area contributed by atoms with E-state index in [4.69, 9.17) is 0 Å². The predicted octanol–water partition coefficient (Wildman–Crippen LogP) is 1.18. The maximum Gasteiger partial charge on any atom is 0.182 e. The summed E-state index contributed by atoms with van der Waals surface area (Å²) in [5.74, 6) is -0.184. The Morgan fingerprint density at radius 2 is 2.46 bits per heavy atom. The van der Waals surface area contributed by atoms with Crippen LogP contribution in [0.2, 0.25) is 0 Å². The molecule has 1 radical (unpaired) electrons. The predicted molar refractivity (Wildman–Crippen MR) is 47.9 cm³/mol. The summed E-state index contributed by atoms with van der Waals surface area (Å²) in [5.41, 5.74) is 0.849. The van der Waals surface area contributed by atoms with E-state index < -0.39 is 0 Å². The Morgan fingerprint density at radius 1 is 1.69 bits per heavy atom. The molecule has 67 valence electrons. The van der Waals surface area contributed by atoms with Crippen molar-refractivity contribution in [2.75, 3.05) is 0 Å². The van der Waals surface area contributed by atoms with Crippen LogP contribution in [0.25, 0.3) is 0 Å². The summed E-state index contributed by atoms with van der Waals surface area (Å²) in [5, 5.41) is 3.51. The molecular formula is C9H9N2O2. The van der Waals surface area contributed by atoms with Crippen LogP contribution in [0, 0.1) is 7.11 Å². The number of hydrogen-bond acceptors (Lipinski definition) is 4. The number of carbonyl (C=O) groups excluding carboxylic acids is 1. The second kappa shape index (κ2) is 4.35. The maximum atomic E-state index is 11.1. The highest BCUT2D eigenvalue weighted by molar-refractivity contribution is 6.45. The minimum absolute atomic E-state index is 0.184. The van der Waals surface area contributed by atoms with Crippen LogP contribution in [0.1, 0.15) is 12.5 Å². The average molecular weight is 177 g/mol. The Labute approximate surface area is 76.2 Å². The van der Waals surface area contributed by atoms with Crippen LogP contribution >= 0.6 is 0 Å². The molecule has 0 aliphatic heterocycles. The van der Waals surface area contributed by atoms with Crippen LogP contribution in [-0.4, -0.2) is 16.5 Å². The minimum Gasteiger partial charge on any atom is -0.391 e. The number of ketones is 1. The molecule has 4 nitrogen and oxygen atoms in total. The van der Waals surface area contributed by atoms with Crippen molar-refractivity contribution in [3.8, 4) is 0 Å². The van der Waals surface area contributed by atoms with Crippen molar-refractivity contribution in [3.63, 3.8) is 0 Å². The van der Waals surface area contributed by atoms with Crippen LogP contribution in [0.3, 0.4) is 0 Å². The molecule has 13 heavy (non-hydrogen) atoms. The van der Waals surface area contributed by atoms with Crippen molar-refractivity contribution >= 4 is 11.5 Å². The molecule has 1 aromatic rings. The first-order chi connectivity index (χ1) is 6.25. The van der Waals surface area contributed by atoms with Crippen LogP contribution < -0.4 is 0 Å². The van der Waals surface area contributed by atoms with E-state index in [1.54, 1.807) is 24.5 Å². The maximum absolute atomic E-state index is 11.1.